The number of rotatable bonds is 6. The molecule has 2 aromatic heterocycles. The zero-order chi connectivity index (χ0) is 42.6. The molecule has 5 heteroatoms. The minimum absolute atomic E-state index is 0.111. The Morgan fingerprint density at radius 1 is 0.453 bits per heavy atom. The van der Waals surface area contributed by atoms with Gasteiger partial charge < -0.3 is 8.98 Å². The van der Waals surface area contributed by atoms with Crippen LogP contribution in [0.1, 0.15) is 16.7 Å². The van der Waals surface area contributed by atoms with Crippen LogP contribution >= 0.6 is 0 Å². The first-order chi connectivity index (χ1) is 31.6. The third kappa shape index (κ3) is 6.38. The lowest BCUT2D eigenvalue weighted by molar-refractivity contribution is 0.668. The fourth-order valence-electron chi connectivity index (χ4n) is 9.23. The molecule has 0 fully saturated rings. The number of aromatic nitrogens is 1. The molecule has 0 aliphatic rings. The Hall–Kier alpha value is -8.67. The highest BCUT2D eigenvalue weighted by molar-refractivity contribution is 6.24. The zero-order valence-electron chi connectivity index (χ0n) is 34.6. The van der Waals surface area contributed by atoms with Gasteiger partial charge in [-0.15, -0.1) is 0 Å². The number of hydrogen-bond acceptors (Lipinski definition) is 2. The van der Waals surface area contributed by atoms with E-state index >= 15 is 0 Å². The number of furan rings is 1. The summed E-state index contributed by atoms with van der Waals surface area (Å²) in [5.41, 5.74) is 11.2. The van der Waals surface area contributed by atoms with Crippen molar-refractivity contribution in [3.05, 3.63) is 235 Å². The van der Waals surface area contributed by atoms with E-state index in [1.807, 2.05) is 91.1 Å². The number of nitrogens with zero attached hydrogens (tertiary/aromatic N) is 3. The molecule has 12 aromatic rings. The van der Waals surface area contributed by atoms with Crippen LogP contribution in [0.4, 0.5) is 0 Å². The van der Waals surface area contributed by atoms with E-state index in [2.05, 4.69) is 138 Å². The summed E-state index contributed by atoms with van der Waals surface area (Å²) < 4.78 is 9.17. The van der Waals surface area contributed by atoms with Crippen molar-refractivity contribution in [2.24, 2.45) is 9.98 Å². The van der Waals surface area contributed by atoms with Crippen LogP contribution in [-0.2, 0) is 0 Å². The zero-order valence-corrected chi connectivity index (χ0v) is 34.6. The van der Waals surface area contributed by atoms with Gasteiger partial charge in [-0.2, -0.15) is 0 Å². The first-order valence-corrected chi connectivity index (χ1v) is 21.5. The fourth-order valence-corrected chi connectivity index (χ4v) is 9.23. The van der Waals surface area contributed by atoms with E-state index in [0.29, 0.717) is 11.4 Å². The van der Waals surface area contributed by atoms with Gasteiger partial charge in [-0.1, -0.05) is 176 Å². The Bertz CT molecular complexity index is 3840. The molecule has 0 saturated carbocycles. The largest absolute Gasteiger partial charge is 0.455 e. The molecule has 2 heterocycles. The number of benzene rings is 10. The molecule has 5 nitrogen and oxygen atoms in total. The lowest BCUT2D eigenvalue weighted by Gasteiger charge is -2.13. The molecule has 0 aliphatic carbocycles. The first kappa shape index (κ1) is 37.1. The third-order valence-corrected chi connectivity index (χ3v) is 12.4. The molecule has 0 amide bonds. The number of para-hydroxylation sites is 1. The average molecular weight is 819 g/mol. The van der Waals surface area contributed by atoms with Gasteiger partial charge in [0.05, 0.1) is 22.3 Å². The number of fused-ring (bicyclic) bond motifs is 9. The fraction of sp³-hybridized carbons (Fsp3) is 0. The standard InChI is InChI=1S/C59H38N4O/c60-58(46-22-13-21-43(34-46)39-16-5-2-6-17-39)62-59(42-28-26-40(27-29-42)38-14-3-1-4-15-38)61-37-51-52(33-31-49-48-24-11-12-25-55(48)64-57(49)51)63-53-32-30-41-18-9-10-23-47(41)56(53)50-35-44-19-7-8-20-45(44)36-54(50)63/h1-37,60H. The lowest BCUT2D eigenvalue weighted by atomic mass is 10.0. The van der Waals surface area contributed by atoms with Gasteiger partial charge in [-0.3, -0.25) is 5.41 Å². The van der Waals surface area contributed by atoms with E-state index in [9.17, 15) is 5.41 Å². The second-order valence-electron chi connectivity index (χ2n) is 16.1. The van der Waals surface area contributed by atoms with Crippen LogP contribution in [0.25, 0.3) is 93.2 Å². The van der Waals surface area contributed by atoms with Gasteiger partial charge in [-0.05, 0) is 86.3 Å². The highest BCUT2D eigenvalue weighted by Crippen LogP contribution is 2.41. The maximum atomic E-state index is 9.42. The van der Waals surface area contributed by atoms with Gasteiger partial charge in [0.2, 0.25) is 0 Å². The summed E-state index contributed by atoms with van der Waals surface area (Å²) in [4.78, 5) is 10.3. The minimum atomic E-state index is 0.111. The Kier molecular flexibility index (Phi) is 8.90. The van der Waals surface area contributed by atoms with Crippen LogP contribution in [0.2, 0.25) is 0 Å². The monoisotopic (exact) mass is 818 g/mol. The van der Waals surface area contributed by atoms with Gasteiger partial charge in [0.25, 0.3) is 0 Å². The topological polar surface area (TPSA) is 66.6 Å². The van der Waals surface area contributed by atoms with E-state index in [4.69, 9.17) is 14.4 Å². The van der Waals surface area contributed by atoms with Crippen LogP contribution in [0.3, 0.4) is 0 Å². The van der Waals surface area contributed by atoms with Crippen molar-refractivity contribution in [1.82, 2.24) is 4.57 Å². The van der Waals surface area contributed by atoms with Gasteiger partial charge >= 0.3 is 0 Å². The molecule has 12 rings (SSSR count). The summed E-state index contributed by atoms with van der Waals surface area (Å²) in [6, 6.07) is 75.6. The molecular weight excluding hydrogens is 781 g/mol. The maximum absolute atomic E-state index is 9.42. The maximum Gasteiger partial charge on any atom is 0.161 e. The minimum Gasteiger partial charge on any atom is -0.455 e. The van der Waals surface area contributed by atoms with Crippen LogP contribution in [-0.4, -0.2) is 22.5 Å². The van der Waals surface area contributed by atoms with Crippen molar-refractivity contribution in [3.8, 4) is 27.9 Å². The molecule has 0 aliphatic heterocycles. The molecule has 0 radical (unpaired) electrons. The molecule has 10 aromatic carbocycles. The van der Waals surface area contributed by atoms with Crippen molar-refractivity contribution >= 4 is 83.2 Å². The normalized spacial score (nSPS) is 12.2. The van der Waals surface area contributed by atoms with Crippen molar-refractivity contribution < 1.29 is 4.42 Å². The molecule has 0 spiro atoms. The number of nitrogens with one attached hydrogen (secondary N) is 1. The molecule has 0 saturated heterocycles. The van der Waals surface area contributed by atoms with Crippen LogP contribution in [0.5, 0.6) is 0 Å². The van der Waals surface area contributed by atoms with E-state index in [1.165, 1.54) is 26.9 Å². The van der Waals surface area contributed by atoms with Crippen molar-refractivity contribution in [3.63, 3.8) is 0 Å². The summed E-state index contributed by atoms with van der Waals surface area (Å²) in [6.07, 6.45) is 1.89. The Morgan fingerprint density at radius 2 is 1.09 bits per heavy atom. The predicted molar refractivity (Wildman–Crippen MR) is 268 cm³/mol. The van der Waals surface area contributed by atoms with Gasteiger partial charge in [0, 0.05) is 38.9 Å². The summed E-state index contributed by atoms with van der Waals surface area (Å²) in [7, 11) is 0. The molecule has 0 atom stereocenters. The summed E-state index contributed by atoms with van der Waals surface area (Å²) >= 11 is 0. The SMILES string of the molecule is N=C(N=C(N=Cc1c(-n2c3cc4ccccc4cc3c3c4ccccc4ccc32)ccc2c1oc1ccccc12)c1ccc(-c2ccccc2)cc1)c1cccc(-c2ccccc2)c1. The molecule has 0 bridgehead atoms. The lowest BCUT2D eigenvalue weighted by Crippen LogP contribution is -2.06. The van der Waals surface area contributed by atoms with Gasteiger partial charge in [0.15, 0.2) is 11.7 Å². The molecule has 1 N–H and O–H groups in total. The third-order valence-electron chi connectivity index (χ3n) is 12.4. The van der Waals surface area contributed by atoms with Crippen LogP contribution in [0.15, 0.2) is 233 Å². The second-order valence-corrected chi connectivity index (χ2v) is 16.1. The highest BCUT2D eigenvalue weighted by Gasteiger charge is 2.21. The van der Waals surface area contributed by atoms with E-state index < -0.39 is 0 Å². The summed E-state index contributed by atoms with van der Waals surface area (Å²) in [5, 5.41) is 18.5. The molecular formula is C59H38N4O. The smallest absolute Gasteiger partial charge is 0.161 e. The second kappa shape index (κ2) is 15.4. The number of amidine groups is 2. The Morgan fingerprint density at radius 3 is 1.88 bits per heavy atom. The molecule has 0 unspecified atom stereocenters. The Labute approximate surface area is 369 Å². The van der Waals surface area contributed by atoms with Gasteiger partial charge in [-0.25, -0.2) is 9.98 Å². The van der Waals surface area contributed by atoms with Crippen molar-refractivity contribution in [2.45, 2.75) is 0 Å². The van der Waals surface area contributed by atoms with E-state index in [-0.39, 0.29) is 5.84 Å². The first-order valence-electron chi connectivity index (χ1n) is 21.5. The summed E-state index contributed by atoms with van der Waals surface area (Å²) in [6.45, 7) is 0. The van der Waals surface area contributed by atoms with Crippen molar-refractivity contribution in [1.29, 1.82) is 5.41 Å². The van der Waals surface area contributed by atoms with E-state index in [0.717, 1.165) is 77.4 Å². The summed E-state index contributed by atoms with van der Waals surface area (Å²) in [5.74, 6) is 0.522. The Balaban J connectivity index is 1.09. The highest BCUT2D eigenvalue weighted by atomic mass is 16.3. The van der Waals surface area contributed by atoms with Gasteiger partial charge in [0.1, 0.15) is 11.2 Å². The average Bonchev–Trinajstić information content (AvgIpc) is 3.90. The van der Waals surface area contributed by atoms with Crippen molar-refractivity contribution in [2.75, 3.05) is 0 Å². The van der Waals surface area contributed by atoms with Crippen LogP contribution < -0.4 is 0 Å². The molecule has 300 valence electrons. The van der Waals surface area contributed by atoms with E-state index in [1.54, 1.807) is 0 Å². The molecule has 64 heavy (non-hydrogen) atoms. The quantitative estimate of drug-likeness (QED) is 0.132. The number of hydrogen-bond donors (Lipinski definition) is 1. The van der Waals surface area contributed by atoms with Crippen LogP contribution in [0, 0.1) is 5.41 Å². The number of aliphatic imine (C=N–C) groups is 2. The predicted octanol–water partition coefficient (Wildman–Crippen LogP) is 15.2.